The SMILES string of the molecule is CN(C(=O)Nc1ccc(F)cc1C(=O)O)C1CCOCC1. The molecular weight excluding hydrogens is 279 g/mol. The summed E-state index contributed by atoms with van der Waals surface area (Å²) < 4.78 is 18.3. The highest BCUT2D eigenvalue weighted by molar-refractivity contribution is 6.00. The van der Waals surface area contributed by atoms with Crippen molar-refractivity contribution in [3.63, 3.8) is 0 Å². The molecule has 0 aliphatic carbocycles. The number of ether oxygens (including phenoxy) is 1. The van der Waals surface area contributed by atoms with Crippen molar-refractivity contribution in [2.24, 2.45) is 0 Å². The number of carboxylic acid groups (broad SMARTS) is 1. The van der Waals surface area contributed by atoms with E-state index in [9.17, 15) is 14.0 Å². The van der Waals surface area contributed by atoms with Gasteiger partial charge in [0.05, 0.1) is 11.3 Å². The number of nitrogens with one attached hydrogen (secondary N) is 1. The van der Waals surface area contributed by atoms with Crippen molar-refractivity contribution in [3.8, 4) is 0 Å². The molecule has 0 unspecified atom stereocenters. The summed E-state index contributed by atoms with van der Waals surface area (Å²) in [7, 11) is 1.65. The summed E-state index contributed by atoms with van der Waals surface area (Å²) in [6.45, 7) is 1.19. The van der Waals surface area contributed by atoms with Crippen LogP contribution < -0.4 is 5.32 Å². The van der Waals surface area contributed by atoms with Crippen molar-refractivity contribution < 1.29 is 23.8 Å². The van der Waals surface area contributed by atoms with Gasteiger partial charge in [-0.25, -0.2) is 14.0 Å². The van der Waals surface area contributed by atoms with Gasteiger partial charge in [-0.3, -0.25) is 0 Å². The molecule has 1 heterocycles. The molecule has 0 saturated carbocycles. The molecule has 0 radical (unpaired) electrons. The smallest absolute Gasteiger partial charge is 0.337 e. The molecule has 7 heteroatoms. The van der Waals surface area contributed by atoms with Crippen molar-refractivity contribution in [2.75, 3.05) is 25.6 Å². The summed E-state index contributed by atoms with van der Waals surface area (Å²) in [5.41, 5.74) is -0.198. The van der Waals surface area contributed by atoms with E-state index in [0.29, 0.717) is 13.2 Å². The lowest BCUT2D eigenvalue weighted by Gasteiger charge is -2.31. The third kappa shape index (κ3) is 3.69. The summed E-state index contributed by atoms with van der Waals surface area (Å²) in [5.74, 6) is -1.96. The number of hydrogen-bond donors (Lipinski definition) is 2. The number of anilines is 1. The predicted molar refractivity (Wildman–Crippen MR) is 74.0 cm³/mol. The third-order valence-corrected chi connectivity index (χ3v) is 3.51. The Hall–Kier alpha value is -2.15. The second kappa shape index (κ2) is 6.53. The molecule has 0 bridgehead atoms. The summed E-state index contributed by atoms with van der Waals surface area (Å²) in [6, 6.07) is 2.86. The Morgan fingerprint density at radius 1 is 1.38 bits per heavy atom. The average molecular weight is 296 g/mol. The first-order valence-corrected chi connectivity index (χ1v) is 6.63. The van der Waals surface area contributed by atoms with Gasteiger partial charge in [0.1, 0.15) is 5.82 Å². The molecule has 114 valence electrons. The normalized spacial score (nSPS) is 15.5. The van der Waals surface area contributed by atoms with Crippen LogP contribution in [0.15, 0.2) is 18.2 Å². The monoisotopic (exact) mass is 296 g/mol. The lowest BCUT2D eigenvalue weighted by atomic mass is 10.1. The van der Waals surface area contributed by atoms with Gasteiger partial charge < -0.3 is 20.1 Å². The fourth-order valence-electron chi connectivity index (χ4n) is 2.24. The first-order valence-electron chi connectivity index (χ1n) is 6.63. The molecule has 1 saturated heterocycles. The van der Waals surface area contributed by atoms with E-state index in [4.69, 9.17) is 9.84 Å². The summed E-state index contributed by atoms with van der Waals surface area (Å²) in [5, 5.41) is 11.6. The van der Waals surface area contributed by atoms with E-state index in [1.54, 1.807) is 7.05 Å². The number of halogens is 1. The Kier molecular flexibility index (Phi) is 4.74. The lowest BCUT2D eigenvalue weighted by Crippen LogP contribution is -2.43. The maximum absolute atomic E-state index is 13.1. The molecule has 0 aromatic heterocycles. The van der Waals surface area contributed by atoms with Crippen LogP contribution in [0.4, 0.5) is 14.9 Å². The van der Waals surface area contributed by atoms with Crippen LogP contribution in [0, 0.1) is 5.82 Å². The van der Waals surface area contributed by atoms with Crippen LogP contribution in [0.1, 0.15) is 23.2 Å². The van der Waals surface area contributed by atoms with E-state index in [2.05, 4.69) is 5.32 Å². The number of amides is 2. The Morgan fingerprint density at radius 2 is 2.05 bits per heavy atom. The molecular formula is C14H17FN2O4. The van der Waals surface area contributed by atoms with Gasteiger partial charge in [-0.05, 0) is 31.0 Å². The largest absolute Gasteiger partial charge is 0.478 e. The third-order valence-electron chi connectivity index (χ3n) is 3.51. The number of carbonyl (C=O) groups is 2. The van der Waals surface area contributed by atoms with E-state index in [-0.39, 0.29) is 17.3 Å². The van der Waals surface area contributed by atoms with Crippen LogP contribution in [0.5, 0.6) is 0 Å². The van der Waals surface area contributed by atoms with Crippen molar-refractivity contribution >= 4 is 17.7 Å². The topological polar surface area (TPSA) is 78.9 Å². The molecule has 21 heavy (non-hydrogen) atoms. The first-order chi connectivity index (χ1) is 9.99. The highest BCUT2D eigenvalue weighted by Crippen LogP contribution is 2.19. The molecule has 2 amide bonds. The van der Waals surface area contributed by atoms with Gasteiger partial charge in [0, 0.05) is 26.3 Å². The van der Waals surface area contributed by atoms with Gasteiger partial charge in [-0.1, -0.05) is 0 Å². The number of rotatable bonds is 3. The van der Waals surface area contributed by atoms with Crippen LogP contribution in [-0.2, 0) is 4.74 Å². The Bertz CT molecular complexity index is 544. The number of carbonyl (C=O) groups excluding carboxylic acids is 1. The van der Waals surface area contributed by atoms with E-state index in [1.165, 1.54) is 11.0 Å². The second-order valence-electron chi connectivity index (χ2n) is 4.88. The molecule has 1 aliphatic rings. The van der Waals surface area contributed by atoms with Gasteiger partial charge >= 0.3 is 12.0 Å². The Balaban J connectivity index is 2.10. The fourth-order valence-corrected chi connectivity index (χ4v) is 2.24. The summed E-state index contributed by atoms with van der Waals surface area (Å²) in [6.07, 6.45) is 1.47. The number of carboxylic acids is 1. The summed E-state index contributed by atoms with van der Waals surface area (Å²) in [4.78, 5) is 24.8. The molecule has 1 aromatic rings. The average Bonchev–Trinajstić information content (AvgIpc) is 2.49. The molecule has 0 atom stereocenters. The molecule has 2 rings (SSSR count). The number of aromatic carboxylic acids is 1. The van der Waals surface area contributed by atoms with E-state index >= 15 is 0 Å². The maximum atomic E-state index is 13.1. The Labute approximate surface area is 121 Å². The van der Waals surface area contributed by atoms with Crippen LogP contribution in [-0.4, -0.2) is 48.3 Å². The Morgan fingerprint density at radius 3 is 2.67 bits per heavy atom. The van der Waals surface area contributed by atoms with Gasteiger partial charge in [0.25, 0.3) is 0 Å². The van der Waals surface area contributed by atoms with E-state index in [0.717, 1.165) is 25.0 Å². The number of urea groups is 1. The number of hydrogen-bond acceptors (Lipinski definition) is 3. The zero-order valence-corrected chi connectivity index (χ0v) is 11.6. The van der Waals surface area contributed by atoms with E-state index in [1.807, 2.05) is 0 Å². The minimum atomic E-state index is -1.29. The molecule has 2 N–H and O–H groups in total. The quantitative estimate of drug-likeness (QED) is 0.896. The zero-order chi connectivity index (χ0) is 15.4. The van der Waals surface area contributed by atoms with Crippen LogP contribution in [0.2, 0.25) is 0 Å². The van der Waals surface area contributed by atoms with E-state index < -0.39 is 17.8 Å². The minimum Gasteiger partial charge on any atom is -0.478 e. The maximum Gasteiger partial charge on any atom is 0.337 e. The second-order valence-corrected chi connectivity index (χ2v) is 4.88. The van der Waals surface area contributed by atoms with Crippen LogP contribution in [0.3, 0.4) is 0 Å². The minimum absolute atomic E-state index is 0.0486. The highest BCUT2D eigenvalue weighted by Gasteiger charge is 2.23. The fraction of sp³-hybridized carbons (Fsp3) is 0.429. The molecule has 1 aromatic carbocycles. The summed E-state index contributed by atoms with van der Waals surface area (Å²) >= 11 is 0. The highest BCUT2D eigenvalue weighted by atomic mass is 19.1. The van der Waals surface area contributed by atoms with Crippen molar-refractivity contribution in [3.05, 3.63) is 29.6 Å². The first kappa shape index (κ1) is 15.2. The lowest BCUT2D eigenvalue weighted by molar-refractivity contribution is 0.0544. The predicted octanol–water partition coefficient (Wildman–Crippen LogP) is 2.17. The molecule has 6 nitrogen and oxygen atoms in total. The van der Waals surface area contributed by atoms with Crippen molar-refractivity contribution in [1.29, 1.82) is 0 Å². The van der Waals surface area contributed by atoms with Gasteiger partial charge in [-0.2, -0.15) is 0 Å². The zero-order valence-electron chi connectivity index (χ0n) is 11.6. The van der Waals surface area contributed by atoms with Gasteiger partial charge in [0.15, 0.2) is 0 Å². The number of benzene rings is 1. The number of nitrogens with zero attached hydrogens (tertiary/aromatic N) is 1. The molecule has 0 spiro atoms. The van der Waals surface area contributed by atoms with Gasteiger partial charge in [-0.15, -0.1) is 0 Å². The molecule has 1 fully saturated rings. The van der Waals surface area contributed by atoms with Gasteiger partial charge in [0.2, 0.25) is 0 Å². The van der Waals surface area contributed by atoms with Crippen LogP contribution >= 0.6 is 0 Å². The van der Waals surface area contributed by atoms with Crippen LogP contribution in [0.25, 0.3) is 0 Å². The van der Waals surface area contributed by atoms with Crippen molar-refractivity contribution in [1.82, 2.24) is 4.90 Å². The molecule has 1 aliphatic heterocycles. The van der Waals surface area contributed by atoms with Crippen molar-refractivity contribution in [2.45, 2.75) is 18.9 Å². The standard InChI is InChI=1S/C14H17FN2O4/c1-17(10-4-6-21-7-5-10)14(20)16-12-3-2-9(15)8-11(12)13(18)19/h2-3,8,10H,4-7H2,1H3,(H,16,20)(H,18,19).